The molecule has 1 saturated heterocycles. The van der Waals surface area contributed by atoms with Crippen molar-refractivity contribution in [3.63, 3.8) is 0 Å². The first-order valence-corrected chi connectivity index (χ1v) is 13.6. The molecule has 0 unspecified atom stereocenters. The van der Waals surface area contributed by atoms with E-state index in [1.807, 2.05) is 67.5 Å². The van der Waals surface area contributed by atoms with Gasteiger partial charge in [-0.15, -0.1) is 11.8 Å². The molecule has 0 radical (unpaired) electrons. The van der Waals surface area contributed by atoms with Crippen molar-refractivity contribution in [3.05, 3.63) is 64.9 Å². The van der Waals surface area contributed by atoms with Crippen LogP contribution in [0.4, 0.5) is 11.4 Å². The summed E-state index contributed by atoms with van der Waals surface area (Å²) in [6, 6.07) is 13.6. The van der Waals surface area contributed by atoms with Crippen LogP contribution < -0.4 is 11.1 Å². The number of nitrogens with two attached hydrogens (primary N) is 1. The summed E-state index contributed by atoms with van der Waals surface area (Å²) in [4.78, 5) is 34.6. The number of likely N-dealkylation sites (tertiary alicyclic amines) is 1. The van der Waals surface area contributed by atoms with E-state index in [0.717, 1.165) is 46.7 Å². The van der Waals surface area contributed by atoms with Crippen LogP contribution in [0.15, 0.2) is 63.6 Å². The number of nitrogens with one attached hydrogen (secondary N) is 1. The second-order valence-electron chi connectivity index (χ2n) is 8.53. The molecule has 0 aliphatic carbocycles. The summed E-state index contributed by atoms with van der Waals surface area (Å²) >= 11 is 2.82. The van der Waals surface area contributed by atoms with Gasteiger partial charge >= 0.3 is 0 Å². The molecular weight excluding hydrogens is 464 g/mol. The number of amides is 2. The molecule has 2 aromatic carbocycles. The SMILES string of the molecule is CSc1ccccc1NC(=O)[C@H]1SC(=Nc2c(C)cccc2C)C(C(=O)N2CCCCC2)=C1N. The summed E-state index contributed by atoms with van der Waals surface area (Å²) in [7, 11) is 0. The smallest absolute Gasteiger partial charge is 0.258 e. The lowest BCUT2D eigenvalue weighted by atomic mass is 10.1. The van der Waals surface area contributed by atoms with E-state index in [1.54, 1.807) is 11.8 Å². The van der Waals surface area contributed by atoms with Crippen molar-refractivity contribution < 1.29 is 9.59 Å². The normalized spacial score (nSPS) is 19.6. The van der Waals surface area contributed by atoms with E-state index in [2.05, 4.69) is 5.32 Å². The first-order chi connectivity index (χ1) is 16.4. The van der Waals surface area contributed by atoms with E-state index >= 15 is 0 Å². The predicted molar refractivity (Wildman–Crippen MR) is 143 cm³/mol. The van der Waals surface area contributed by atoms with Gasteiger partial charge in [-0.2, -0.15) is 0 Å². The van der Waals surface area contributed by atoms with Gasteiger partial charge in [-0.1, -0.05) is 42.1 Å². The monoisotopic (exact) mass is 494 g/mol. The highest BCUT2D eigenvalue weighted by Gasteiger charge is 2.40. The summed E-state index contributed by atoms with van der Waals surface area (Å²) < 4.78 is 0. The Morgan fingerprint density at radius 1 is 1.06 bits per heavy atom. The number of nitrogens with zero attached hydrogens (tertiary/aromatic N) is 2. The first kappa shape index (κ1) is 24.4. The van der Waals surface area contributed by atoms with E-state index in [9.17, 15) is 9.59 Å². The van der Waals surface area contributed by atoms with Gasteiger partial charge in [0.05, 0.1) is 16.9 Å². The van der Waals surface area contributed by atoms with Crippen LogP contribution in [0.3, 0.4) is 0 Å². The number of para-hydroxylation sites is 2. The van der Waals surface area contributed by atoms with Gasteiger partial charge in [-0.05, 0) is 62.6 Å². The van der Waals surface area contributed by atoms with Crippen molar-refractivity contribution in [2.24, 2.45) is 10.7 Å². The molecule has 1 fully saturated rings. The van der Waals surface area contributed by atoms with Crippen molar-refractivity contribution >= 4 is 51.8 Å². The molecule has 8 heteroatoms. The topological polar surface area (TPSA) is 87.8 Å². The largest absolute Gasteiger partial charge is 0.400 e. The van der Waals surface area contributed by atoms with Gasteiger partial charge < -0.3 is 16.0 Å². The third-order valence-electron chi connectivity index (χ3n) is 6.13. The molecule has 0 spiro atoms. The maximum atomic E-state index is 13.6. The van der Waals surface area contributed by atoms with Gasteiger partial charge in [0, 0.05) is 23.7 Å². The molecular formula is C26H30N4O2S2. The third kappa shape index (κ3) is 5.03. The average molecular weight is 495 g/mol. The van der Waals surface area contributed by atoms with Crippen molar-refractivity contribution in [1.29, 1.82) is 0 Å². The number of aryl methyl sites for hydroxylation is 2. The number of thioether (sulfide) groups is 2. The van der Waals surface area contributed by atoms with Crippen LogP contribution in [0.2, 0.25) is 0 Å². The lowest BCUT2D eigenvalue weighted by Gasteiger charge is -2.27. The van der Waals surface area contributed by atoms with Crippen LogP contribution in [0.25, 0.3) is 0 Å². The van der Waals surface area contributed by atoms with Crippen LogP contribution in [0, 0.1) is 13.8 Å². The molecule has 34 heavy (non-hydrogen) atoms. The summed E-state index contributed by atoms with van der Waals surface area (Å²) in [6.07, 6.45) is 5.04. The number of carbonyl (C=O) groups excluding carboxylic acids is 2. The Morgan fingerprint density at radius 3 is 2.41 bits per heavy atom. The predicted octanol–water partition coefficient (Wildman–Crippen LogP) is 5.03. The lowest BCUT2D eigenvalue weighted by molar-refractivity contribution is -0.127. The Kier molecular flexibility index (Phi) is 7.68. The second kappa shape index (κ2) is 10.7. The highest BCUT2D eigenvalue weighted by atomic mass is 32.2. The van der Waals surface area contributed by atoms with Crippen molar-refractivity contribution in [3.8, 4) is 0 Å². The molecule has 2 amide bonds. The summed E-state index contributed by atoms with van der Waals surface area (Å²) in [5, 5.41) is 2.80. The average Bonchev–Trinajstić information content (AvgIpc) is 3.17. The van der Waals surface area contributed by atoms with Crippen LogP contribution >= 0.6 is 23.5 Å². The molecule has 2 heterocycles. The van der Waals surface area contributed by atoms with Crippen molar-refractivity contribution in [1.82, 2.24) is 4.90 Å². The highest BCUT2D eigenvalue weighted by molar-refractivity contribution is 8.16. The number of benzene rings is 2. The van der Waals surface area contributed by atoms with Crippen LogP contribution in [0.1, 0.15) is 30.4 Å². The van der Waals surface area contributed by atoms with E-state index in [0.29, 0.717) is 23.7 Å². The van der Waals surface area contributed by atoms with Gasteiger partial charge in [0.25, 0.3) is 5.91 Å². The molecule has 3 N–H and O–H groups in total. The number of hydrogen-bond donors (Lipinski definition) is 2. The molecule has 178 valence electrons. The minimum atomic E-state index is -0.721. The van der Waals surface area contributed by atoms with Gasteiger partial charge in [-0.25, -0.2) is 4.99 Å². The summed E-state index contributed by atoms with van der Waals surface area (Å²) in [6.45, 7) is 5.40. The Hall–Kier alpha value is -2.71. The number of rotatable bonds is 5. The van der Waals surface area contributed by atoms with Gasteiger partial charge in [0.15, 0.2) is 0 Å². The van der Waals surface area contributed by atoms with E-state index in [4.69, 9.17) is 10.7 Å². The standard InChI is InChI=1S/C26H30N4O2S2/c1-16-10-9-11-17(2)22(16)29-25-20(26(32)30-14-7-4-8-15-30)21(27)23(34-25)24(31)28-18-12-5-6-13-19(18)33-3/h5-6,9-13,23H,4,7-8,14-15,27H2,1-3H3,(H,28,31)/t23-/m0/s1. The van der Waals surface area contributed by atoms with Crippen molar-refractivity contribution in [2.45, 2.75) is 43.3 Å². The zero-order valence-corrected chi connectivity index (χ0v) is 21.4. The minimum absolute atomic E-state index is 0.130. The van der Waals surface area contributed by atoms with Crippen molar-refractivity contribution in [2.75, 3.05) is 24.7 Å². The van der Waals surface area contributed by atoms with Gasteiger partial charge in [-0.3, -0.25) is 9.59 Å². The summed E-state index contributed by atoms with van der Waals surface area (Å²) in [5.41, 5.74) is 10.8. The van der Waals surface area contributed by atoms with E-state index in [-0.39, 0.29) is 17.5 Å². The van der Waals surface area contributed by atoms with Crippen LogP contribution in [-0.2, 0) is 9.59 Å². The Labute approximate surface area is 209 Å². The van der Waals surface area contributed by atoms with E-state index in [1.165, 1.54) is 11.8 Å². The lowest BCUT2D eigenvalue weighted by Crippen LogP contribution is -2.38. The molecule has 1 atom stereocenters. The molecule has 4 rings (SSSR count). The van der Waals surface area contributed by atoms with E-state index < -0.39 is 5.25 Å². The number of anilines is 1. The number of aliphatic imine (C=N–C) groups is 1. The maximum absolute atomic E-state index is 13.6. The highest BCUT2D eigenvalue weighted by Crippen LogP contribution is 2.38. The molecule has 2 aliphatic rings. The fourth-order valence-corrected chi connectivity index (χ4v) is 5.92. The number of piperidine rings is 1. The van der Waals surface area contributed by atoms with Gasteiger partial charge in [0.2, 0.25) is 5.91 Å². The van der Waals surface area contributed by atoms with Crippen LogP contribution in [0.5, 0.6) is 0 Å². The second-order valence-corrected chi connectivity index (χ2v) is 10.5. The molecule has 0 bridgehead atoms. The Bertz CT molecular complexity index is 1150. The number of carbonyl (C=O) groups is 2. The Balaban J connectivity index is 1.71. The maximum Gasteiger partial charge on any atom is 0.258 e. The quantitative estimate of drug-likeness (QED) is 0.569. The molecule has 2 aromatic rings. The van der Waals surface area contributed by atoms with Crippen LogP contribution in [-0.4, -0.2) is 46.4 Å². The molecule has 0 aromatic heterocycles. The third-order valence-corrected chi connectivity index (χ3v) is 8.15. The molecule has 0 saturated carbocycles. The fourth-order valence-electron chi connectivity index (χ4n) is 4.27. The van der Waals surface area contributed by atoms with Gasteiger partial charge in [0.1, 0.15) is 10.3 Å². The summed E-state index contributed by atoms with van der Waals surface area (Å²) in [5.74, 6) is -0.380. The molecule has 6 nitrogen and oxygen atoms in total. The number of hydrogen-bond acceptors (Lipinski definition) is 6. The zero-order chi connectivity index (χ0) is 24.2. The minimum Gasteiger partial charge on any atom is -0.400 e. The Morgan fingerprint density at radius 2 is 1.74 bits per heavy atom. The first-order valence-electron chi connectivity index (χ1n) is 11.5. The molecule has 2 aliphatic heterocycles. The fraction of sp³-hybridized carbons (Fsp3) is 0.346. The zero-order valence-electron chi connectivity index (χ0n) is 19.8.